The van der Waals surface area contributed by atoms with E-state index in [-0.39, 0.29) is 5.41 Å². The molecule has 0 aromatic carbocycles. The number of hydroxylamine groups is 1. The first-order valence-electron chi connectivity index (χ1n) is 8.46. The molecule has 5 rings (SSSR count). The fourth-order valence-electron chi connectivity index (χ4n) is 6.36. The molecule has 5 heteroatoms. The Kier molecular flexibility index (Phi) is 3.28. The Balaban J connectivity index is 1.83. The molecule has 0 aromatic heterocycles. The summed E-state index contributed by atoms with van der Waals surface area (Å²) < 4.78 is 12.4. The number of Topliss-reactive ketones (excluding diaryl/α,β-unsaturated/α-hetero) is 1. The van der Waals surface area contributed by atoms with Crippen LogP contribution in [0.25, 0.3) is 0 Å². The molecule has 5 aliphatic rings. The van der Waals surface area contributed by atoms with Crippen LogP contribution in [0.5, 0.6) is 0 Å². The first-order chi connectivity index (χ1) is 10.6. The van der Waals surface area contributed by atoms with E-state index in [1.807, 2.05) is 6.08 Å². The quantitative estimate of drug-likeness (QED) is 0.462. The van der Waals surface area contributed by atoms with Gasteiger partial charge >= 0.3 is 0 Å². The zero-order valence-corrected chi connectivity index (χ0v) is 13.0. The lowest BCUT2D eigenvalue weighted by molar-refractivity contribution is -0.324. The Labute approximate surface area is 131 Å². The van der Waals surface area contributed by atoms with Gasteiger partial charge in [-0.25, -0.2) is 5.48 Å². The number of allylic oxidation sites excluding steroid dienone is 1. The fraction of sp³-hybridized carbons (Fsp3) is 0.824. The molecule has 4 saturated carbocycles. The molecule has 1 saturated heterocycles. The first-order valence-corrected chi connectivity index (χ1v) is 8.46. The van der Waals surface area contributed by atoms with Crippen molar-refractivity contribution in [2.24, 2.45) is 22.7 Å². The van der Waals surface area contributed by atoms with E-state index < -0.39 is 11.2 Å². The zero-order valence-electron chi connectivity index (χ0n) is 13.0. The average Bonchev–Trinajstić information content (AvgIpc) is 3.01. The number of hydrogen-bond acceptors (Lipinski definition) is 5. The third kappa shape index (κ3) is 1.51. The molecule has 1 spiro atoms. The number of ether oxygens (including phenoxy) is 2. The Morgan fingerprint density at radius 1 is 1.36 bits per heavy atom. The van der Waals surface area contributed by atoms with Crippen molar-refractivity contribution in [3.05, 3.63) is 12.7 Å². The minimum absolute atomic E-state index is 0.305. The minimum Gasteiger partial charge on any atom is -0.347 e. The summed E-state index contributed by atoms with van der Waals surface area (Å²) in [6, 6.07) is 0. The fourth-order valence-corrected chi connectivity index (χ4v) is 6.36. The van der Waals surface area contributed by atoms with E-state index in [4.69, 9.17) is 14.7 Å². The highest BCUT2D eigenvalue weighted by Gasteiger charge is 2.78. The number of ketones is 1. The Bertz CT molecular complexity index is 501. The maximum atomic E-state index is 12.9. The molecule has 1 aliphatic heterocycles. The average molecular weight is 307 g/mol. The van der Waals surface area contributed by atoms with Gasteiger partial charge in [0.2, 0.25) is 0 Å². The van der Waals surface area contributed by atoms with Gasteiger partial charge in [-0.3, -0.25) is 4.79 Å². The van der Waals surface area contributed by atoms with E-state index in [0.717, 1.165) is 32.1 Å². The normalized spacial score (nSPS) is 44.9. The van der Waals surface area contributed by atoms with Crippen LogP contribution in [0.15, 0.2) is 12.7 Å². The molecule has 2 N–H and O–H groups in total. The molecule has 0 amide bonds. The predicted molar refractivity (Wildman–Crippen MR) is 79.2 cm³/mol. The van der Waals surface area contributed by atoms with Gasteiger partial charge in [0.05, 0.1) is 18.6 Å². The highest BCUT2D eigenvalue weighted by Crippen LogP contribution is 2.76. The van der Waals surface area contributed by atoms with Crippen LogP contribution in [0.2, 0.25) is 0 Å². The molecule has 0 radical (unpaired) electrons. The number of hydrogen-bond donors (Lipinski definition) is 2. The van der Waals surface area contributed by atoms with Crippen LogP contribution < -0.4 is 5.48 Å². The number of carbonyl (C=O) groups excluding carboxylic acids is 1. The summed E-state index contributed by atoms with van der Waals surface area (Å²) in [6.07, 6.45) is 7.06. The van der Waals surface area contributed by atoms with Crippen molar-refractivity contribution >= 4 is 5.78 Å². The largest absolute Gasteiger partial charge is 0.347 e. The van der Waals surface area contributed by atoms with E-state index in [2.05, 4.69) is 12.1 Å². The molecule has 1 unspecified atom stereocenters. The van der Waals surface area contributed by atoms with Gasteiger partial charge in [-0.1, -0.05) is 6.08 Å². The molecule has 5 nitrogen and oxygen atoms in total. The van der Waals surface area contributed by atoms with Crippen LogP contribution in [0.4, 0.5) is 0 Å². The number of nitrogens with one attached hydrogen (secondary N) is 1. The van der Waals surface area contributed by atoms with Crippen LogP contribution in [0.3, 0.4) is 0 Å². The van der Waals surface area contributed by atoms with Crippen LogP contribution in [-0.4, -0.2) is 36.5 Å². The van der Waals surface area contributed by atoms with Gasteiger partial charge in [0, 0.05) is 24.8 Å². The Morgan fingerprint density at radius 2 is 2.14 bits per heavy atom. The molecular formula is C17H25NO4. The highest BCUT2D eigenvalue weighted by atomic mass is 16.7. The molecule has 4 aliphatic carbocycles. The maximum Gasteiger partial charge on any atom is 0.175 e. The summed E-state index contributed by atoms with van der Waals surface area (Å²) in [5, 5.41) is 8.94. The van der Waals surface area contributed by atoms with Gasteiger partial charge in [0.1, 0.15) is 5.78 Å². The molecule has 0 aromatic rings. The SMILES string of the molecule is C=C[C@@]12CC3C[C@@H](CC1=O)[C@]2(CCCNO)C1(C3)OCCO1. The van der Waals surface area contributed by atoms with E-state index >= 15 is 0 Å². The Morgan fingerprint density at radius 3 is 2.82 bits per heavy atom. The summed E-state index contributed by atoms with van der Waals surface area (Å²) in [4.78, 5) is 12.9. The molecule has 22 heavy (non-hydrogen) atoms. The molecular weight excluding hydrogens is 282 g/mol. The second kappa shape index (κ2) is 4.87. The first kappa shape index (κ1) is 14.8. The van der Waals surface area contributed by atoms with Crippen LogP contribution >= 0.6 is 0 Å². The van der Waals surface area contributed by atoms with E-state index in [9.17, 15) is 4.79 Å². The second-order valence-electron chi connectivity index (χ2n) is 7.44. The lowest BCUT2D eigenvalue weighted by Gasteiger charge is -2.64. The standard InChI is InChI=1S/C17H25NO4/c1-2-15-10-12-8-13(9-14(15)19)16(15,4-3-5-18-20)17(11-12)21-6-7-22-17/h2,12-13,18,20H,1,3-11H2/t12?,13-,15+,16-/m0/s1. The van der Waals surface area contributed by atoms with Crippen LogP contribution in [0.1, 0.15) is 38.5 Å². The van der Waals surface area contributed by atoms with Crippen LogP contribution in [0, 0.1) is 22.7 Å². The van der Waals surface area contributed by atoms with E-state index in [0.29, 0.717) is 43.8 Å². The van der Waals surface area contributed by atoms with E-state index in [1.165, 1.54) is 0 Å². The summed E-state index contributed by atoms with van der Waals surface area (Å²) >= 11 is 0. The summed E-state index contributed by atoms with van der Waals surface area (Å²) in [6.45, 7) is 5.80. The maximum absolute atomic E-state index is 12.9. The van der Waals surface area contributed by atoms with Gasteiger partial charge in [-0.15, -0.1) is 6.58 Å². The highest BCUT2D eigenvalue weighted by molar-refractivity contribution is 5.91. The van der Waals surface area contributed by atoms with Gasteiger partial charge in [0.25, 0.3) is 0 Å². The minimum atomic E-state index is -0.616. The second-order valence-corrected chi connectivity index (χ2v) is 7.44. The third-order valence-corrected chi connectivity index (χ3v) is 6.85. The molecule has 4 atom stereocenters. The van der Waals surface area contributed by atoms with Crippen molar-refractivity contribution in [3.63, 3.8) is 0 Å². The zero-order chi connectivity index (χ0) is 15.4. The molecule has 4 bridgehead atoms. The van der Waals surface area contributed by atoms with Crippen molar-refractivity contribution < 1.29 is 19.5 Å². The van der Waals surface area contributed by atoms with E-state index in [1.54, 1.807) is 0 Å². The lowest BCUT2D eigenvalue weighted by Crippen LogP contribution is -2.67. The lowest BCUT2D eigenvalue weighted by atomic mass is 9.43. The van der Waals surface area contributed by atoms with Gasteiger partial charge < -0.3 is 14.7 Å². The summed E-state index contributed by atoms with van der Waals surface area (Å²) in [5.74, 6) is 0.520. The van der Waals surface area contributed by atoms with Gasteiger partial charge in [-0.05, 0) is 37.5 Å². The molecule has 5 fully saturated rings. The number of carbonyl (C=O) groups is 1. The van der Waals surface area contributed by atoms with Crippen molar-refractivity contribution in [1.82, 2.24) is 5.48 Å². The Hall–Kier alpha value is -0.750. The predicted octanol–water partition coefficient (Wildman–Crippen LogP) is 2.05. The smallest absolute Gasteiger partial charge is 0.175 e. The van der Waals surface area contributed by atoms with Gasteiger partial charge in [-0.2, -0.15) is 0 Å². The van der Waals surface area contributed by atoms with Crippen molar-refractivity contribution in [3.8, 4) is 0 Å². The summed E-state index contributed by atoms with van der Waals surface area (Å²) in [5.41, 5.74) is 1.43. The van der Waals surface area contributed by atoms with Gasteiger partial charge in [0.15, 0.2) is 5.79 Å². The molecule has 122 valence electrons. The van der Waals surface area contributed by atoms with Crippen LogP contribution in [-0.2, 0) is 14.3 Å². The van der Waals surface area contributed by atoms with Crippen molar-refractivity contribution in [2.45, 2.75) is 44.3 Å². The van der Waals surface area contributed by atoms with Crippen molar-refractivity contribution in [2.75, 3.05) is 19.8 Å². The monoisotopic (exact) mass is 307 g/mol. The van der Waals surface area contributed by atoms with Crippen molar-refractivity contribution in [1.29, 1.82) is 0 Å². The topological polar surface area (TPSA) is 67.8 Å². The number of rotatable bonds is 5. The summed E-state index contributed by atoms with van der Waals surface area (Å²) in [7, 11) is 0. The third-order valence-electron chi connectivity index (χ3n) is 6.85. The molecule has 1 heterocycles.